The Morgan fingerprint density at radius 2 is 2.16 bits per heavy atom. The number of rotatable bonds is 2. The van der Waals surface area contributed by atoms with Gasteiger partial charge in [0.15, 0.2) is 11.6 Å². The fourth-order valence-corrected chi connectivity index (χ4v) is 2.36. The van der Waals surface area contributed by atoms with Gasteiger partial charge in [-0.2, -0.15) is 5.26 Å². The minimum absolute atomic E-state index is 0.282. The zero-order chi connectivity index (χ0) is 13.2. The molecule has 0 saturated heterocycles. The highest BCUT2D eigenvalue weighted by Gasteiger charge is 2.24. The van der Waals surface area contributed by atoms with Crippen molar-refractivity contribution < 1.29 is 4.74 Å². The zero-order valence-corrected chi connectivity index (χ0v) is 10.7. The Labute approximate surface area is 111 Å². The lowest BCUT2D eigenvalue weighted by molar-refractivity contribution is 0.0542. The number of hydrogen-bond donors (Lipinski definition) is 0. The molecule has 0 amide bonds. The van der Waals surface area contributed by atoms with Gasteiger partial charge in [0.1, 0.15) is 6.61 Å². The van der Waals surface area contributed by atoms with Crippen molar-refractivity contribution in [2.45, 2.75) is 26.0 Å². The normalized spacial score (nSPS) is 17.8. The Kier molecular flexibility index (Phi) is 3.02. The van der Waals surface area contributed by atoms with Gasteiger partial charge in [0.2, 0.25) is 0 Å². The van der Waals surface area contributed by atoms with Crippen LogP contribution in [0.1, 0.15) is 30.8 Å². The Morgan fingerprint density at radius 1 is 1.37 bits per heavy atom. The van der Waals surface area contributed by atoms with E-state index in [4.69, 9.17) is 10.00 Å². The van der Waals surface area contributed by atoms with Crippen molar-refractivity contribution in [3.63, 3.8) is 0 Å². The Hall–Kier alpha value is -2.19. The van der Waals surface area contributed by atoms with Crippen LogP contribution in [0.3, 0.4) is 0 Å². The first-order valence-corrected chi connectivity index (χ1v) is 6.35. The maximum atomic E-state index is 8.83. The maximum Gasteiger partial charge on any atom is 0.164 e. The molecule has 1 aliphatic rings. The summed E-state index contributed by atoms with van der Waals surface area (Å²) in [6.45, 7) is 3.34. The van der Waals surface area contributed by atoms with E-state index in [0.717, 1.165) is 23.6 Å². The molecular weight excluding hydrogens is 240 g/mol. The third-order valence-corrected chi connectivity index (χ3v) is 3.42. The van der Waals surface area contributed by atoms with Crippen LogP contribution in [0.25, 0.3) is 11.4 Å². The van der Waals surface area contributed by atoms with Gasteiger partial charge in [0.25, 0.3) is 0 Å². The standard InChI is InChI=1S/C14H14N4O/c1-2-12-8-19-9-13-16-17-14(18(12)13)11-5-3-10(7-15)4-6-11/h3-6,12H,2,8-9H2,1H3. The van der Waals surface area contributed by atoms with Crippen LogP contribution < -0.4 is 0 Å². The van der Waals surface area contributed by atoms with E-state index in [0.29, 0.717) is 18.8 Å². The highest BCUT2D eigenvalue weighted by molar-refractivity contribution is 5.57. The summed E-state index contributed by atoms with van der Waals surface area (Å²) >= 11 is 0. The third kappa shape index (κ3) is 2.00. The van der Waals surface area contributed by atoms with Gasteiger partial charge in [-0.05, 0) is 30.7 Å². The first kappa shape index (κ1) is 11.9. The maximum absolute atomic E-state index is 8.83. The SMILES string of the molecule is CCC1COCc2nnc(-c3ccc(C#N)cc3)n21. The van der Waals surface area contributed by atoms with E-state index in [2.05, 4.69) is 27.8 Å². The molecule has 0 N–H and O–H groups in total. The quantitative estimate of drug-likeness (QED) is 0.824. The average molecular weight is 254 g/mol. The van der Waals surface area contributed by atoms with Crippen LogP contribution in [0.15, 0.2) is 24.3 Å². The summed E-state index contributed by atoms with van der Waals surface area (Å²) in [5, 5.41) is 17.3. The summed E-state index contributed by atoms with van der Waals surface area (Å²) in [6, 6.07) is 9.84. The average Bonchev–Trinajstić information content (AvgIpc) is 2.91. The van der Waals surface area contributed by atoms with Gasteiger partial charge in [0, 0.05) is 5.56 Å². The lowest BCUT2D eigenvalue weighted by Crippen LogP contribution is -2.23. The first-order valence-electron chi connectivity index (χ1n) is 6.35. The number of ether oxygens (including phenoxy) is 1. The van der Waals surface area contributed by atoms with E-state index in [1.807, 2.05) is 12.1 Å². The molecule has 0 saturated carbocycles. The highest BCUT2D eigenvalue weighted by atomic mass is 16.5. The van der Waals surface area contributed by atoms with E-state index in [1.165, 1.54) is 0 Å². The van der Waals surface area contributed by atoms with Gasteiger partial charge in [-0.15, -0.1) is 10.2 Å². The molecule has 0 fully saturated rings. The third-order valence-electron chi connectivity index (χ3n) is 3.42. The molecule has 1 atom stereocenters. The molecule has 3 rings (SSSR count). The second-order valence-corrected chi connectivity index (χ2v) is 4.58. The molecule has 1 aliphatic heterocycles. The number of fused-ring (bicyclic) bond motifs is 1. The summed E-state index contributed by atoms with van der Waals surface area (Å²) < 4.78 is 7.68. The molecule has 0 aliphatic carbocycles. The van der Waals surface area contributed by atoms with E-state index in [1.54, 1.807) is 12.1 Å². The summed E-state index contributed by atoms with van der Waals surface area (Å²) in [5.74, 6) is 1.73. The number of aromatic nitrogens is 3. The van der Waals surface area contributed by atoms with E-state index < -0.39 is 0 Å². The fraction of sp³-hybridized carbons (Fsp3) is 0.357. The molecule has 0 bridgehead atoms. The molecule has 2 aromatic rings. The summed E-state index contributed by atoms with van der Waals surface area (Å²) in [7, 11) is 0. The lowest BCUT2D eigenvalue weighted by atomic mass is 10.1. The zero-order valence-electron chi connectivity index (χ0n) is 10.7. The summed E-state index contributed by atoms with van der Waals surface area (Å²) in [4.78, 5) is 0. The number of hydrogen-bond acceptors (Lipinski definition) is 4. The summed E-state index contributed by atoms with van der Waals surface area (Å²) in [5.41, 5.74) is 1.63. The molecule has 0 radical (unpaired) electrons. The van der Waals surface area contributed by atoms with Crippen LogP contribution in [0.2, 0.25) is 0 Å². The van der Waals surface area contributed by atoms with Crippen molar-refractivity contribution in [2.24, 2.45) is 0 Å². The molecule has 1 aromatic carbocycles. The lowest BCUT2D eigenvalue weighted by Gasteiger charge is -2.25. The Balaban J connectivity index is 2.06. The molecule has 1 unspecified atom stereocenters. The van der Waals surface area contributed by atoms with E-state index in [9.17, 15) is 0 Å². The van der Waals surface area contributed by atoms with Crippen molar-refractivity contribution >= 4 is 0 Å². The molecule has 96 valence electrons. The van der Waals surface area contributed by atoms with Crippen molar-refractivity contribution in [1.82, 2.24) is 14.8 Å². The van der Waals surface area contributed by atoms with Gasteiger partial charge in [0.05, 0.1) is 24.3 Å². The minimum atomic E-state index is 0.282. The number of benzene rings is 1. The molecule has 5 heteroatoms. The summed E-state index contributed by atoms with van der Waals surface area (Å²) in [6.07, 6.45) is 0.980. The van der Waals surface area contributed by atoms with E-state index in [-0.39, 0.29) is 6.04 Å². The van der Waals surface area contributed by atoms with Crippen LogP contribution >= 0.6 is 0 Å². The fourth-order valence-electron chi connectivity index (χ4n) is 2.36. The van der Waals surface area contributed by atoms with Crippen molar-refractivity contribution in [2.75, 3.05) is 6.61 Å². The topological polar surface area (TPSA) is 63.7 Å². The number of nitrogens with zero attached hydrogens (tertiary/aromatic N) is 4. The van der Waals surface area contributed by atoms with Crippen LogP contribution in [0, 0.1) is 11.3 Å². The van der Waals surface area contributed by atoms with Gasteiger partial charge >= 0.3 is 0 Å². The highest BCUT2D eigenvalue weighted by Crippen LogP contribution is 2.28. The van der Waals surface area contributed by atoms with Gasteiger partial charge in [-0.25, -0.2) is 0 Å². The van der Waals surface area contributed by atoms with Crippen molar-refractivity contribution in [3.05, 3.63) is 35.7 Å². The molecule has 2 heterocycles. The Bertz CT molecular complexity index is 624. The molecule has 19 heavy (non-hydrogen) atoms. The van der Waals surface area contributed by atoms with Gasteiger partial charge < -0.3 is 9.30 Å². The van der Waals surface area contributed by atoms with Crippen molar-refractivity contribution in [1.29, 1.82) is 5.26 Å². The molecule has 0 spiro atoms. The van der Waals surface area contributed by atoms with Crippen LogP contribution in [0.5, 0.6) is 0 Å². The van der Waals surface area contributed by atoms with Crippen molar-refractivity contribution in [3.8, 4) is 17.5 Å². The van der Waals surface area contributed by atoms with Crippen LogP contribution in [-0.4, -0.2) is 21.4 Å². The predicted octanol–water partition coefficient (Wildman–Crippen LogP) is 2.30. The minimum Gasteiger partial charge on any atom is -0.371 e. The van der Waals surface area contributed by atoms with Gasteiger partial charge in [-0.3, -0.25) is 0 Å². The second-order valence-electron chi connectivity index (χ2n) is 4.58. The largest absolute Gasteiger partial charge is 0.371 e. The van der Waals surface area contributed by atoms with E-state index >= 15 is 0 Å². The predicted molar refractivity (Wildman–Crippen MR) is 69.2 cm³/mol. The first-order chi connectivity index (χ1) is 9.33. The molecule has 5 nitrogen and oxygen atoms in total. The second kappa shape index (κ2) is 4.82. The van der Waals surface area contributed by atoms with Crippen LogP contribution in [-0.2, 0) is 11.3 Å². The molecular formula is C14H14N4O. The smallest absolute Gasteiger partial charge is 0.164 e. The Morgan fingerprint density at radius 3 is 2.84 bits per heavy atom. The molecule has 1 aromatic heterocycles. The van der Waals surface area contributed by atoms with Crippen LogP contribution in [0.4, 0.5) is 0 Å². The monoisotopic (exact) mass is 254 g/mol. The number of nitriles is 1. The van der Waals surface area contributed by atoms with Gasteiger partial charge in [-0.1, -0.05) is 6.92 Å².